The molecule has 4 N–H and O–H groups in total. The van der Waals surface area contributed by atoms with E-state index in [1.54, 1.807) is 0 Å². The number of hydrogen-bond acceptors (Lipinski definition) is 4. The minimum absolute atomic E-state index is 0. The van der Waals surface area contributed by atoms with Crippen molar-refractivity contribution in [3.05, 3.63) is 0 Å². The fourth-order valence-corrected chi connectivity index (χ4v) is 1.63. The van der Waals surface area contributed by atoms with Crippen molar-refractivity contribution in [2.45, 2.75) is 71.1 Å². The fraction of sp³-hybridized carbons (Fsp3) is 0.929. The Morgan fingerprint density at radius 2 is 1.16 bits per heavy atom. The molecule has 0 aromatic rings. The maximum atomic E-state index is 9.13. The Kier molecular flexibility index (Phi) is 30.2. The summed E-state index contributed by atoms with van der Waals surface area (Å²) in [5.74, 6) is -1.22. The van der Waals surface area contributed by atoms with E-state index in [1.165, 1.54) is 64.2 Å². The quantitative estimate of drug-likeness (QED) is 0.359. The first-order valence-electron chi connectivity index (χ1n) is 7.29. The molecule has 0 saturated heterocycles. The maximum Gasteiger partial charge on any atom is 1.00 e. The molecule has 19 heavy (non-hydrogen) atoms. The summed E-state index contributed by atoms with van der Waals surface area (Å²) in [7, 11) is 0. The van der Waals surface area contributed by atoms with E-state index in [0.717, 1.165) is 6.54 Å². The first kappa shape index (κ1) is 24.4. The molecule has 5 heteroatoms. The minimum Gasteiger partial charge on any atom is -0.549 e. The summed E-state index contributed by atoms with van der Waals surface area (Å²) in [5, 5.41) is 9.13. The van der Waals surface area contributed by atoms with E-state index >= 15 is 0 Å². The molecule has 4 nitrogen and oxygen atoms in total. The molecule has 0 aliphatic rings. The van der Waals surface area contributed by atoms with Gasteiger partial charge >= 0.3 is 29.6 Å². The van der Waals surface area contributed by atoms with Gasteiger partial charge in [0.1, 0.15) is 0 Å². The number of aliphatic carboxylic acids is 1. The van der Waals surface area contributed by atoms with E-state index in [4.69, 9.17) is 15.6 Å². The van der Waals surface area contributed by atoms with Crippen molar-refractivity contribution in [2.24, 2.45) is 11.5 Å². The third-order valence-electron chi connectivity index (χ3n) is 2.72. The van der Waals surface area contributed by atoms with Crippen molar-refractivity contribution in [3.63, 3.8) is 0 Å². The van der Waals surface area contributed by atoms with E-state index in [9.17, 15) is 0 Å². The Bertz CT molecular complexity index is 160. The normalized spacial score (nSPS) is 9.21. The zero-order valence-corrected chi connectivity index (χ0v) is 15.0. The summed E-state index contributed by atoms with van der Waals surface area (Å²) in [6, 6.07) is 0. The third kappa shape index (κ3) is 32.2. The van der Waals surface area contributed by atoms with E-state index in [-0.39, 0.29) is 36.1 Å². The van der Waals surface area contributed by atoms with Gasteiger partial charge in [-0.2, -0.15) is 0 Å². The molecule has 0 aliphatic heterocycles. The molecule has 0 radical (unpaired) electrons. The topological polar surface area (TPSA) is 92.2 Å². The van der Waals surface area contributed by atoms with Crippen molar-refractivity contribution in [2.75, 3.05) is 13.1 Å². The van der Waals surface area contributed by atoms with Gasteiger partial charge in [-0.15, -0.1) is 0 Å². The van der Waals surface area contributed by atoms with Crippen LogP contribution < -0.4 is 46.1 Å². The smallest absolute Gasteiger partial charge is 0.549 e. The van der Waals surface area contributed by atoms with Crippen LogP contribution in [0, 0.1) is 0 Å². The summed E-state index contributed by atoms with van der Waals surface area (Å²) in [5.41, 5.74) is 9.93. The summed E-state index contributed by atoms with van der Waals surface area (Å²) in [4.78, 5) is 9.13. The van der Waals surface area contributed by atoms with Crippen LogP contribution in [0.1, 0.15) is 71.1 Å². The molecule has 0 rings (SSSR count). The Morgan fingerprint density at radius 3 is 1.42 bits per heavy atom. The van der Waals surface area contributed by atoms with E-state index in [2.05, 4.69) is 12.7 Å². The van der Waals surface area contributed by atoms with E-state index in [1.807, 2.05) is 0 Å². The van der Waals surface area contributed by atoms with Crippen LogP contribution in [0.25, 0.3) is 0 Å². The zero-order valence-electron chi connectivity index (χ0n) is 13.0. The van der Waals surface area contributed by atoms with Gasteiger partial charge in [-0.05, 0) is 13.0 Å². The van der Waals surface area contributed by atoms with Gasteiger partial charge in [0.25, 0.3) is 0 Å². The molecular weight excluding hydrogens is 251 g/mol. The van der Waals surface area contributed by atoms with Gasteiger partial charge in [0, 0.05) is 6.54 Å². The number of unbranched alkanes of at least 4 members (excludes halogenated alkanes) is 9. The molecule has 0 aromatic carbocycles. The van der Waals surface area contributed by atoms with Crippen molar-refractivity contribution in [1.82, 2.24) is 0 Å². The molecule has 0 saturated carbocycles. The fourth-order valence-electron chi connectivity index (χ4n) is 1.63. The Labute approximate surface area is 141 Å². The van der Waals surface area contributed by atoms with Crippen LogP contribution in [0.5, 0.6) is 0 Å². The number of carbonyl (C=O) groups is 1. The average Bonchev–Trinajstić information content (AvgIpc) is 2.37. The van der Waals surface area contributed by atoms with Gasteiger partial charge in [0.2, 0.25) is 0 Å². The number of hydrogen-bond donors (Lipinski definition) is 2. The second kappa shape index (κ2) is 23.5. The van der Waals surface area contributed by atoms with Crippen molar-refractivity contribution in [3.8, 4) is 0 Å². The van der Waals surface area contributed by atoms with Crippen LogP contribution in [0.3, 0.4) is 0 Å². The van der Waals surface area contributed by atoms with Gasteiger partial charge in [-0.1, -0.05) is 64.7 Å². The molecule has 0 bridgehead atoms. The molecule has 0 aromatic heterocycles. The molecule has 0 atom stereocenters. The van der Waals surface area contributed by atoms with Crippen LogP contribution in [0.2, 0.25) is 0 Å². The van der Waals surface area contributed by atoms with Crippen molar-refractivity contribution >= 4 is 5.97 Å². The number of rotatable bonds is 11. The van der Waals surface area contributed by atoms with Crippen LogP contribution in [0.15, 0.2) is 0 Å². The second-order valence-corrected chi connectivity index (χ2v) is 4.55. The third-order valence-corrected chi connectivity index (χ3v) is 2.72. The second-order valence-electron chi connectivity index (χ2n) is 4.55. The van der Waals surface area contributed by atoms with Gasteiger partial charge in [-0.3, -0.25) is 0 Å². The Hall–Kier alpha value is 0.390. The maximum absolute atomic E-state index is 9.13. The standard InChI is InChI=1S/C12H27N.C2H5NO2.Na/c1-2-3-4-5-6-7-8-9-10-11-12-13;3-1-2(4)5;/h2-13H2,1H3;1,3H2,(H,4,5);/q;;+1/p-1. The number of carboxylic acid groups (broad SMARTS) is 1. The molecule has 0 heterocycles. The van der Waals surface area contributed by atoms with Gasteiger partial charge in [0.15, 0.2) is 0 Å². The first-order valence-corrected chi connectivity index (χ1v) is 7.29. The summed E-state index contributed by atoms with van der Waals surface area (Å²) in [6.45, 7) is 2.75. The Morgan fingerprint density at radius 1 is 0.842 bits per heavy atom. The number of carbonyl (C=O) groups excluding carboxylic acids is 1. The summed E-state index contributed by atoms with van der Waals surface area (Å²) < 4.78 is 0. The molecule has 0 unspecified atom stereocenters. The zero-order chi connectivity index (χ0) is 14.1. The van der Waals surface area contributed by atoms with Crippen molar-refractivity contribution < 1.29 is 39.5 Å². The molecule has 110 valence electrons. The predicted molar refractivity (Wildman–Crippen MR) is 75.0 cm³/mol. The van der Waals surface area contributed by atoms with Crippen LogP contribution in [-0.2, 0) is 4.79 Å². The van der Waals surface area contributed by atoms with Gasteiger partial charge < -0.3 is 21.4 Å². The van der Waals surface area contributed by atoms with Crippen LogP contribution in [0.4, 0.5) is 0 Å². The summed E-state index contributed by atoms with van der Waals surface area (Å²) in [6.07, 6.45) is 13.9. The molecule has 0 amide bonds. The van der Waals surface area contributed by atoms with Crippen LogP contribution >= 0.6 is 0 Å². The SMILES string of the molecule is CCCCCCCCCCCCN.NCC(=O)[O-].[Na+]. The number of nitrogens with two attached hydrogens (primary N) is 2. The molecular formula is C14H31N2NaO2. The first-order chi connectivity index (χ1) is 8.68. The molecule has 0 fully saturated rings. The monoisotopic (exact) mass is 282 g/mol. The van der Waals surface area contributed by atoms with Gasteiger partial charge in [-0.25, -0.2) is 0 Å². The predicted octanol–water partition coefficient (Wildman–Crippen LogP) is -1.43. The molecule has 0 spiro atoms. The number of carboxylic acids is 1. The van der Waals surface area contributed by atoms with E-state index in [0.29, 0.717) is 0 Å². The summed E-state index contributed by atoms with van der Waals surface area (Å²) >= 11 is 0. The largest absolute Gasteiger partial charge is 1.00 e. The van der Waals surface area contributed by atoms with Crippen molar-refractivity contribution in [1.29, 1.82) is 0 Å². The molecule has 0 aliphatic carbocycles. The average molecular weight is 282 g/mol. The Balaban J connectivity index is -0.000000366. The van der Waals surface area contributed by atoms with E-state index < -0.39 is 5.97 Å². The van der Waals surface area contributed by atoms with Gasteiger partial charge in [0.05, 0.1) is 5.97 Å². The minimum atomic E-state index is -1.22. The van der Waals surface area contributed by atoms with Crippen LogP contribution in [-0.4, -0.2) is 19.1 Å².